The molecule has 29 heavy (non-hydrogen) atoms. The van der Waals surface area contributed by atoms with Crippen LogP contribution in [0.5, 0.6) is 5.75 Å². The molecule has 1 fully saturated rings. The second kappa shape index (κ2) is 8.25. The van der Waals surface area contributed by atoms with E-state index < -0.39 is 0 Å². The SMILES string of the molecule is COc1ccc(C(=O)N2c3ccccc3[C@H](C(=O)N3CCOCC3)C[C@H]2C)cc1. The maximum atomic E-state index is 13.3. The molecule has 2 aliphatic rings. The van der Waals surface area contributed by atoms with E-state index in [0.717, 1.165) is 11.3 Å². The minimum absolute atomic E-state index is 0.0649. The van der Waals surface area contributed by atoms with Crippen LogP contribution in [0.1, 0.15) is 35.2 Å². The van der Waals surface area contributed by atoms with Gasteiger partial charge in [0.25, 0.3) is 5.91 Å². The lowest BCUT2D eigenvalue weighted by atomic mass is 9.84. The van der Waals surface area contributed by atoms with Crippen molar-refractivity contribution in [3.8, 4) is 5.75 Å². The zero-order valence-electron chi connectivity index (χ0n) is 16.8. The Morgan fingerprint density at radius 1 is 1.03 bits per heavy atom. The summed E-state index contributed by atoms with van der Waals surface area (Å²) >= 11 is 0. The molecular weight excluding hydrogens is 368 g/mol. The molecule has 0 aliphatic carbocycles. The normalized spacial score (nSPS) is 21.4. The smallest absolute Gasteiger partial charge is 0.258 e. The van der Waals surface area contributed by atoms with Crippen LogP contribution in [0.2, 0.25) is 0 Å². The van der Waals surface area contributed by atoms with E-state index in [1.165, 1.54) is 0 Å². The minimum Gasteiger partial charge on any atom is -0.497 e. The fraction of sp³-hybridized carbons (Fsp3) is 0.391. The van der Waals surface area contributed by atoms with E-state index in [1.54, 1.807) is 31.4 Å². The summed E-state index contributed by atoms with van der Waals surface area (Å²) in [5.41, 5.74) is 2.34. The Kier molecular flexibility index (Phi) is 5.53. The van der Waals surface area contributed by atoms with Gasteiger partial charge < -0.3 is 19.3 Å². The standard InChI is InChI=1S/C23H26N2O4/c1-16-15-20(23(27)24-11-13-29-14-12-24)19-5-3-4-6-21(19)25(16)22(26)17-7-9-18(28-2)10-8-17/h3-10,16,20H,11-15H2,1-2H3/t16-,20-/m1/s1. The number of morpholine rings is 1. The molecule has 6 heteroatoms. The summed E-state index contributed by atoms with van der Waals surface area (Å²) in [7, 11) is 1.60. The summed E-state index contributed by atoms with van der Waals surface area (Å²) in [4.78, 5) is 30.3. The number of carbonyl (C=O) groups excluding carboxylic acids is 2. The molecule has 0 spiro atoms. The lowest BCUT2D eigenvalue weighted by Crippen LogP contribution is -2.48. The highest BCUT2D eigenvalue weighted by atomic mass is 16.5. The van der Waals surface area contributed by atoms with Gasteiger partial charge in [-0.05, 0) is 49.2 Å². The molecule has 2 amide bonds. The van der Waals surface area contributed by atoms with Gasteiger partial charge in [0.1, 0.15) is 5.75 Å². The van der Waals surface area contributed by atoms with Gasteiger partial charge in [-0.25, -0.2) is 0 Å². The van der Waals surface area contributed by atoms with Crippen molar-refractivity contribution in [3.63, 3.8) is 0 Å². The monoisotopic (exact) mass is 394 g/mol. The molecule has 6 nitrogen and oxygen atoms in total. The third-order valence-electron chi connectivity index (χ3n) is 5.77. The molecule has 2 aromatic rings. The Balaban J connectivity index is 1.65. The molecule has 2 atom stereocenters. The van der Waals surface area contributed by atoms with Gasteiger partial charge in [0.15, 0.2) is 0 Å². The Labute approximate surface area is 171 Å². The van der Waals surface area contributed by atoms with E-state index in [0.29, 0.717) is 44.0 Å². The van der Waals surface area contributed by atoms with E-state index in [2.05, 4.69) is 0 Å². The van der Waals surface area contributed by atoms with Crippen LogP contribution in [-0.4, -0.2) is 56.2 Å². The summed E-state index contributed by atoms with van der Waals surface area (Å²) < 4.78 is 10.6. The van der Waals surface area contributed by atoms with Gasteiger partial charge >= 0.3 is 0 Å². The number of hydrogen-bond acceptors (Lipinski definition) is 4. The van der Waals surface area contributed by atoms with Crippen molar-refractivity contribution in [2.75, 3.05) is 38.3 Å². The van der Waals surface area contributed by atoms with E-state index in [1.807, 2.05) is 41.0 Å². The average molecular weight is 394 g/mol. The highest BCUT2D eigenvalue weighted by Crippen LogP contribution is 2.40. The molecule has 0 unspecified atom stereocenters. The molecule has 0 N–H and O–H groups in total. The van der Waals surface area contributed by atoms with Crippen molar-refractivity contribution in [2.45, 2.75) is 25.3 Å². The van der Waals surface area contributed by atoms with Crippen LogP contribution in [0.3, 0.4) is 0 Å². The largest absolute Gasteiger partial charge is 0.497 e. The number of fused-ring (bicyclic) bond motifs is 1. The van der Waals surface area contributed by atoms with Crippen LogP contribution in [0, 0.1) is 0 Å². The number of carbonyl (C=O) groups is 2. The molecule has 0 saturated carbocycles. The number of amides is 2. The van der Waals surface area contributed by atoms with Crippen molar-refractivity contribution in [3.05, 3.63) is 59.7 Å². The first-order chi connectivity index (χ1) is 14.1. The average Bonchev–Trinajstić information content (AvgIpc) is 2.78. The third-order valence-corrected chi connectivity index (χ3v) is 5.77. The van der Waals surface area contributed by atoms with Gasteiger partial charge in [-0.15, -0.1) is 0 Å². The van der Waals surface area contributed by atoms with Gasteiger partial charge in [-0.1, -0.05) is 18.2 Å². The highest BCUT2D eigenvalue weighted by Gasteiger charge is 2.38. The number of hydrogen-bond donors (Lipinski definition) is 0. The topological polar surface area (TPSA) is 59.1 Å². The van der Waals surface area contributed by atoms with E-state index >= 15 is 0 Å². The number of rotatable bonds is 3. The Morgan fingerprint density at radius 2 is 1.72 bits per heavy atom. The van der Waals surface area contributed by atoms with Crippen LogP contribution >= 0.6 is 0 Å². The van der Waals surface area contributed by atoms with Crippen molar-refractivity contribution in [2.24, 2.45) is 0 Å². The Morgan fingerprint density at radius 3 is 2.41 bits per heavy atom. The van der Waals surface area contributed by atoms with E-state index in [-0.39, 0.29) is 23.8 Å². The lowest BCUT2D eigenvalue weighted by molar-refractivity contribution is -0.137. The first-order valence-electron chi connectivity index (χ1n) is 10.0. The predicted octanol–water partition coefficient (Wildman–Crippen LogP) is 3.08. The minimum atomic E-state index is -0.237. The second-order valence-electron chi connectivity index (χ2n) is 7.54. The fourth-order valence-electron chi connectivity index (χ4n) is 4.23. The third kappa shape index (κ3) is 3.72. The molecule has 0 radical (unpaired) electrons. The summed E-state index contributed by atoms with van der Waals surface area (Å²) in [5, 5.41) is 0. The van der Waals surface area contributed by atoms with Gasteiger partial charge in [0, 0.05) is 30.4 Å². The highest BCUT2D eigenvalue weighted by molar-refractivity contribution is 6.08. The first-order valence-corrected chi connectivity index (χ1v) is 10.0. The van der Waals surface area contributed by atoms with Gasteiger partial charge in [-0.2, -0.15) is 0 Å². The number of nitrogens with zero attached hydrogens (tertiary/aromatic N) is 2. The molecule has 0 bridgehead atoms. The molecule has 152 valence electrons. The summed E-state index contributed by atoms with van der Waals surface area (Å²) in [6, 6.07) is 14.8. The summed E-state index contributed by atoms with van der Waals surface area (Å²) in [5.74, 6) is 0.540. The van der Waals surface area contributed by atoms with Crippen LogP contribution in [0.25, 0.3) is 0 Å². The molecule has 4 rings (SSSR count). The van der Waals surface area contributed by atoms with Crippen LogP contribution in [-0.2, 0) is 9.53 Å². The maximum absolute atomic E-state index is 13.3. The number of ether oxygens (including phenoxy) is 2. The molecule has 0 aromatic heterocycles. The summed E-state index contributed by atoms with van der Waals surface area (Å²) in [6.07, 6.45) is 0.606. The molecule has 2 heterocycles. The lowest BCUT2D eigenvalue weighted by Gasteiger charge is -2.40. The molecule has 2 aliphatic heterocycles. The van der Waals surface area contributed by atoms with Crippen molar-refractivity contribution in [1.29, 1.82) is 0 Å². The van der Waals surface area contributed by atoms with E-state index in [4.69, 9.17) is 9.47 Å². The number of para-hydroxylation sites is 1. The zero-order chi connectivity index (χ0) is 20.4. The quantitative estimate of drug-likeness (QED) is 0.803. The Hall–Kier alpha value is -2.86. The second-order valence-corrected chi connectivity index (χ2v) is 7.54. The summed E-state index contributed by atoms with van der Waals surface area (Å²) in [6.45, 7) is 4.42. The van der Waals surface area contributed by atoms with Crippen LogP contribution in [0.15, 0.2) is 48.5 Å². The maximum Gasteiger partial charge on any atom is 0.258 e. The number of benzene rings is 2. The van der Waals surface area contributed by atoms with Crippen LogP contribution < -0.4 is 9.64 Å². The van der Waals surface area contributed by atoms with Crippen molar-refractivity contribution < 1.29 is 19.1 Å². The van der Waals surface area contributed by atoms with Crippen LogP contribution in [0.4, 0.5) is 5.69 Å². The molecular formula is C23H26N2O4. The van der Waals surface area contributed by atoms with Crippen molar-refractivity contribution in [1.82, 2.24) is 4.90 Å². The Bertz CT molecular complexity index is 890. The molecule has 2 aromatic carbocycles. The van der Waals surface area contributed by atoms with Gasteiger partial charge in [-0.3, -0.25) is 9.59 Å². The van der Waals surface area contributed by atoms with Gasteiger partial charge in [0.2, 0.25) is 5.91 Å². The van der Waals surface area contributed by atoms with Gasteiger partial charge in [0.05, 0.1) is 26.2 Å². The zero-order valence-corrected chi connectivity index (χ0v) is 16.8. The number of methoxy groups -OCH3 is 1. The van der Waals surface area contributed by atoms with E-state index in [9.17, 15) is 9.59 Å². The fourth-order valence-corrected chi connectivity index (χ4v) is 4.23. The number of anilines is 1. The first kappa shape index (κ1) is 19.5. The predicted molar refractivity (Wildman–Crippen MR) is 110 cm³/mol. The molecule has 1 saturated heterocycles. The van der Waals surface area contributed by atoms with Crippen molar-refractivity contribution >= 4 is 17.5 Å².